The fourth-order valence-electron chi connectivity index (χ4n) is 4.52. The van der Waals surface area contributed by atoms with Crippen LogP contribution in [0.3, 0.4) is 0 Å². The van der Waals surface area contributed by atoms with Crippen molar-refractivity contribution in [3.63, 3.8) is 0 Å². The highest BCUT2D eigenvalue weighted by atomic mass is 16.6. The van der Waals surface area contributed by atoms with Gasteiger partial charge in [-0.1, -0.05) is 0 Å². The molecule has 43 nitrogen and oxygen atoms in total. The maximum absolute atomic E-state index is 10.5. The molecular weight excluding hydrogens is 1720 g/mol. The van der Waals surface area contributed by atoms with Gasteiger partial charge in [-0.25, -0.2) is 0 Å². The third-order valence-corrected chi connectivity index (χ3v) is 7.80. The molecule has 1 N–H and O–H groups in total. The Morgan fingerprint density at radius 3 is 0.225 bits per heavy atom. The van der Waals surface area contributed by atoms with Gasteiger partial charge in [0.2, 0.25) is 0 Å². The number of hydrogen-bond acceptors (Lipinski definition) is 43. The van der Waals surface area contributed by atoms with Crippen LogP contribution in [-0.4, -0.2) is 276 Å². The van der Waals surface area contributed by atoms with E-state index in [1.54, 1.807) is 145 Å². The summed E-state index contributed by atoms with van der Waals surface area (Å²) in [6.45, 7) is 75.3. The van der Waals surface area contributed by atoms with Gasteiger partial charge < -0.3 is 105 Å². The lowest BCUT2D eigenvalue weighted by Gasteiger charge is -1.97. The Labute approximate surface area is 769 Å². The third-order valence-electron chi connectivity index (χ3n) is 7.80. The standard InChI is InChI=1S/C6H12O3.20C4H8O2/c1-2-9-6(8)4-3-5-7;20*1-3-6-4(2)5/h7H,2-5H2,1H3;20*3H2,1-2H3. The van der Waals surface area contributed by atoms with E-state index in [-0.39, 0.29) is 132 Å². The van der Waals surface area contributed by atoms with Crippen molar-refractivity contribution in [2.24, 2.45) is 0 Å². The maximum Gasteiger partial charge on any atom is 0.305 e. The van der Waals surface area contributed by atoms with Crippen LogP contribution in [0.1, 0.15) is 297 Å². The first-order valence-electron chi connectivity index (χ1n) is 41.2. The third kappa shape index (κ3) is 494. The van der Waals surface area contributed by atoms with Gasteiger partial charge in [0.25, 0.3) is 0 Å². The minimum Gasteiger partial charge on any atom is -0.466 e. The number of esters is 21. The molecule has 0 aromatic heterocycles. The molecule has 774 valence electrons. The van der Waals surface area contributed by atoms with Gasteiger partial charge in [0.1, 0.15) is 0 Å². The molecule has 0 aliphatic heterocycles. The molecule has 43 heteroatoms. The summed E-state index contributed by atoms with van der Waals surface area (Å²) in [6, 6.07) is 0. The summed E-state index contributed by atoms with van der Waals surface area (Å²) in [4.78, 5) is 207. The van der Waals surface area contributed by atoms with E-state index in [1.165, 1.54) is 138 Å². The monoisotopic (exact) mass is 1890 g/mol. The summed E-state index contributed by atoms with van der Waals surface area (Å²) >= 11 is 0. The van der Waals surface area contributed by atoms with Crippen LogP contribution in [0.25, 0.3) is 0 Å². The highest BCUT2D eigenvalue weighted by molar-refractivity contribution is 5.71. The number of carbonyl (C=O) groups is 21. The smallest absolute Gasteiger partial charge is 0.305 e. The van der Waals surface area contributed by atoms with Gasteiger partial charge >= 0.3 is 125 Å². The van der Waals surface area contributed by atoms with Crippen molar-refractivity contribution in [1.82, 2.24) is 0 Å². The Hall–Kier alpha value is -11.2. The molecule has 0 aromatic rings. The number of ether oxygens (including phenoxy) is 21. The molecule has 0 saturated carbocycles. The summed E-state index contributed by atoms with van der Waals surface area (Å²) in [5, 5.41) is 8.28. The van der Waals surface area contributed by atoms with Gasteiger partial charge in [-0.05, 0) is 152 Å². The quantitative estimate of drug-likeness (QED) is 0.0692. The fraction of sp³-hybridized carbons (Fsp3) is 0.756. The second kappa shape index (κ2) is 167. The van der Waals surface area contributed by atoms with Crippen LogP contribution in [-0.2, 0) is 200 Å². The van der Waals surface area contributed by atoms with Gasteiger partial charge in [0.05, 0.1) is 139 Å². The van der Waals surface area contributed by atoms with Crippen molar-refractivity contribution < 1.29 is 205 Å². The average Bonchev–Trinajstić information content (AvgIpc) is 1.08. The zero-order valence-corrected chi connectivity index (χ0v) is 86.1. The second-order valence-corrected chi connectivity index (χ2v) is 20.1. The molecule has 0 fully saturated rings. The van der Waals surface area contributed by atoms with Crippen molar-refractivity contribution in [2.75, 3.05) is 145 Å². The average molecular weight is 1890 g/mol. The van der Waals surface area contributed by atoms with Crippen molar-refractivity contribution in [3.05, 3.63) is 0 Å². The lowest BCUT2D eigenvalue weighted by Crippen LogP contribution is -2.03. The second-order valence-electron chi connectivity index (χ2n) is 20.1. The first-order valence-corrected chi connectivity index (χ1v) is 41.2. The zero-order valence-electron chi connectivity index (χ0n) is 86.1. The van der Waals surface area contributed by atoms with Gasteiger partial charge in [-0.15, -0.1) is 0 Å². The number of hydrogen-bond donors (Lipinski definition) is 1. The predicted molar refractivity (Wildman–Crippen MR) is 479 cm³/mol. The van der Waals surface area contributed by atoms with Crippen LogP contribution < -0.4 is 0 Å². The van der Waals surface area contributed by atoms with Crippen LogP contribution in [0.5, 0.6) is 0 Å². The first-order chi connectivity index (χ1) is 59.7. The summed E-state index contributed by atoms with van der Waals surface area (Å²) in [5.41, 5.74) is 0. The van der Waals surface area contributed by atoms with Crippen molar-refractivity contribution >= 4 is 125 Å². The summed E-state index contributed by atoms with van der Waals surface area (Å²) in [6.07, 6.45) is 0.823. The molecular formula is C86H172O43. The van der Waals surface area contributed by atoms with Crippen LogP contribution in [0.2, 0.25) is 0 Å². The van der Waals surface area contributed by atoms with Crippen LogP contribution in [0, 0.1) is 0 Å². The highest BCUT2D eigenvalue weighted by Gasteiger charge is 1.98. The molecule has 0 spiro atoms. The van der Waals surface area contributed by atoms with Crippen LogP contribution >= 0.6 is 0 Å². The van der Waals surface area contributed by atoms with Crippen molar-refractivity contribution in [2.45, 2.75) is 297 Å². The van der Waals surface area contributed by atoms with E-state index < -0.39 is 0 Å². The van der Waals surface area contributed by atoms with Gasteiger partial charge in [0.15, 0.2) is 0 Å². The normalized spacial score (nSPS) is 7.77. The minimum atomic E-state index is -0.230. The molecule has 0 aliphatic carbocycles. The van der Waals surface area contributed by atoms with Gasteiger partial charge in [-0.3, -0.25) is 101 Å². The molecule has 0 rings (SSSR count). The highest BCUT2D eigenvalue weighted by Crippen LogP contribution is 1.90. The van der Waals surface area contributed by atoms with E-state index in [0.717, 1.165) is 0 Å². The Bertz CT molecular complexity index is 1880. The van der Waals surface area contributed by atoms with E-state index in [0.29, 0.717) is 152 Å². The molecule has 0 saturated heterocycles. The number of aliphatic hydroxyl groups is 1. The number of aliphatic hydroxyl groups excluding tert-OH is 1. The van der Waals surface area contributed by atoms with E-state index in [2.05, 4.69) is 99.5 Å². The lowest BCUT2D eigenvalue weighted by atomic mass is 10.3. The van der Waals surface area contributed by atoms with Crippen molar-refractivity contribution in [1.29, 1.82) is 0 Å². The zero-order chi connectivity index (χ0) is 107. The Kier molecular flexibility index (Phi) is 222. The van der Waals surface area contributed by atoms with Gasteiger partial charge in [0, 0.05) is 152 Å². The number of carbonyl (C=O) groups excluding carboxylic acids is 21. The summed E-state index contributed by atoms with van der Waals surface area (Å²) < 4.78 is 92.6. The molecule has 129 heavy (non-hydrogen) atoms. The van der Waals surface area contributed by atoms with E-state index in [1.807, 2.05) is 0 Å². The molecule has 0 atom stereocenters. The fourth-order valence-corrected chi connectivity index (χ4v) is 4.52. The summed E-state index contributed by atoms with van der Waals surface area (Å²) in [7, 11) is 0. The Balaban J connectivity index is -0.0000000500. The SMILES string of the molecule is CCOC(=O)CCCO.CCOC(C)=O.CCOC(C)=O.CCOC(C)=O.CCOC(C)=O.CCOC(C)=O.CCOC(C)=O.CCOC(C)=O.CCOC(C)=O.CCOC(C)=O.CCOC(C)=O.CCOC(C)=O.CCOC(C)=O.CCOC(C)=O.CCOC(C)=O.CCOC(C)=O.CCOC(C)=O.CCOC(C)=O.CCOC(C)=O.CCOC(C)=O.CCOC(C)=O. The molecule has 0 aliphatic rings. The van der Waals surface area contributed by atoms with E-state index in [9.17, 15) is 101 Å². The Morgan fingerprint density at radius 2 is 0.194 bits per heavy atom. The molecule has 0 heterocycles. The first kappa shape index (κ1) is 172. The molecule has 0 unspecified atom stereocenters. The molecule has 0 aromatic carbocycles. The lowest BCUT2D eigenvalue weighted by molar-refractivity contribution is -0.144. The minimum absolute atomic E-state index is 0.0544. The van der Waals surface area contributed by atoms with Crippen molar-refractivity contribution in [3.8, 4) is 0 Å². The molecule has 0 bridgehead atoms. The largest absolute Gasteiger partial charge is 0.466 e. The van der Waals surface area contributed by atoms with Crippen LogP contribution in [0.15, 0.2) is 0 Å². The maximum atomic E-state index is 10.5. The summed E-state index contributed by atoms with van der Waals surface area (Å²) in [5.74, 6) is -4.44. The molecule has 0 amide bonds. The molecule has 0 radical (unpaired) electrons. The van der Waals surface area contributed by atoms with E-state index >= 15 is 0 Å². The predicted octanol–water partition coefficient (Wildman–Crippen LogP) is 11.7. The van der Waals surface area contributed by atoms with Crippen LogP contribution in [0.4, 0.5) is 0 Å². The number of rotatable bonds is 24. The Morgan fingerprint density at radius 1 is 0.132 bits per heavy atom. The van der Waals surface area contributed by atoms with Gasteiger partial charge in [-0.2, -0.15) is 0 Å². The topological polar surface area (TPSA) is 573 Å². The van der Waals surface area contributed by atoms with E-state index in [4.69, 9.17) is 5.11 Å².